The highest BCUT2D eigenvalue weighted by molar-refractivity contribution is 7.88. The van der Waals surface area contributed by atoms with Gasteiger partial charge < -0.3 is 31.4 Å². The average molecular weight is 692 g/mol. The number of nitrogens with one attached hydrogen (secondary N) is 4. The molecule has 15 heteroatoms. The Morgan fingerprint density at radius 1 is 0.936 bits per heavy atom. The first kappa shape index (κ1) is 37.9. The molecule has 8 N–H and O–H groups in total. The van der Waals surface area contributed by atoms with Gasteiger partial charge in [-0.1, -0.05) is 68.8 Å². The maximum Gasteiger partial charge on any atom is 0.326 e. The van der Waals surface area contributed by atoms with Crippen LogP contribution in [0.3, 0.4) is 0 Å². The molecular formula is C32H46N5O8PS. The quantitative estimate of drug-likeness (QED) is 0.0724. The molecule has 13 nitrogen and oxygen atoms in total. The van der Waals surface area contributed by atoms with Crippen molar-refractivity contribution in [2.24, 2.45) is 17.6 Å². The van der Waals surface area contributed by atoms with Crippen molar-refractivity contribution in [1.82, 2.24) is 20.3 Å². The highest BCUT2D eigenvalue weighted by Gasteiger charge is 2.40. The molecule has 0 saturated heterocycles. The Bertz CT molecular complexity index is 1660. The van der Waals surface area contributed by atoms with Crippen molar-refractivity contribution in [3.05, 3.63) is 71.9 Å². The highest BCUT2D eigenvalue weighted by atomic mass is 32.2. The van der Waals surface area contributed by atoms with E-state index in [1.165, 1.54) is 0 Å². The third-order valence-electron chi connectivity index (χ3n) is 8.00. The van der Waals surface area contributed by atoms with Gasteiger partial charge in [0.1, 0.15) is 17.9 Å². The molecule has 3 aromatic rings. The van der Waals surface area contributed by atoms with E-state index in [1.807, 2.05) is 24.3 Å². The van der Waals surface area contributed by atoms with Crippen LogP contribution in [0.4, 0.5) is 0 Å². The molecule has 5 atom stereocenters. The van der Waals surface area contributed by atoms with Gasteiger partial charge >= 0.3 is 5.97 Å². The summed E-state index contributed by atoms with van der Waals surface area (Å²) in [5.41, 5.74) is 7.71. The van der Waals surface area contributed by atoms with Crippen molar-refractivity contribution in [2.45, 2.75) is 63.8 Å². The maximum absolute atomic E-state index is 14.1. The molecule has 0 spiro atoms. The molecule has 0 aliphatic rings. The van der Waals surface area contributed by atoms with Gasteiger partial charge in [0, 0.05) is 42.0 Å². The van der Waals surface area contributed by atoms with E-state index in [9.17, 15) is 37.4 Å². The first-order valence-electron chi connectivity index (χ1n) is 15.5. The molecule has 0 aliphatic carbocycles. The minimum absolute atomic E-state index is 0.0156. The van der Waals surface area contributed by atoms with E-state index in [4.69, 9.17) is 5.73 Å². The van der Waals surface area contributed by atoms with Crippen molar-refractivity contribution in [1.29, 1.82) is 0 Å². The predicted octanol–water partition coefficient (Wildman–Crippen LogP) is 2.55. The standard InChI is InChI=1S/C32H46N5O8PS/c1-21(2)25(30(38)35-28(32(40)41)18-23-19-34-26-14-8-7-13-24(23)26)20-46(42,43)29(17-22-11-5-4-6-12-22)36-31(39)27(15-9-10-16-33)37-47(3,44)45/h4-8,11-14,19,21,25,27-29,34,37H,9-10,15-18,20,33H2,1-3H3,(H,35,38)(H,36,39)(H,40,41)(H,42,43)/t25?,27-,28-,29?/m0/s1. The fourth-order valence-electron chi connectivity index (χ4n) is 5.40. The summed E-state index contributed by atoms with van der Waals surface area (Å²) in [6.45, 7) is 3.72. The van der Waals surface area contributed by atoms with Crippen LogP contribution >= 0.6 is 7.37 Å². The first-order chi connectivity index (χ1) is 22.1. The smallest absolute Gasteiger partial charge is 0.326 e. The first-order valence-corrected chi connectivity index (χ1v) is 19.3. The lowest BCUT2D eigenvalue weighted by molar-refractivity contribution is -0.142. The van der Waals surface area contributed by atoms with Gasteiger partial charge in [0.15, 0.2) is 0 Å². The van der Waals surface area contributed by atoms with Gasteiger partial charge in [0.25, 0.3) is 0 Å². The number of unbranched alkanes of at least 4 members (excludes halogenated alkanes) is 1. The molecule has 3 unspecified atom stereocenters. The van der Waals surface area contributed by atoms with Crippen molar-refractivity contribution < 1.29 is 37.4 Å². The number of para-hydroxylation sites is 1. The Labute approximate surface area is 275 Å². The number of sulfonamides is 1. The summed E-state index contributed by atoms with van der Waals surface area (Å²) in [5, 5.41) is 16.0. The van der Waals surface area contributed by atoms with Crippen LogP contribution in [-0.2, 0) is 41.8 Å². The van der Waals surface area contributed by atoms with E-state index in [-0.39, 0.29) is 19.3 Å². The van der Waals surface area contributed by atoms with E-state index in [1.54, 1.807) is 50.4 Å². The number of amides is 2. The molecule has 0 aliphatic heterocycles. The van der Waals surface area contributed by atoms with Crippen LogP contribution in [-0.4, -0.2) is 78.0 Å². The van der Waals surface area contributed by atoms with Gasteiger partial charge in [-0.15, -0.1) is 0 Å². The zero-order chi connectivity index (χ0) is 34.8. The highest BCUT2D eigenvalue weighted by Crippen LogP contribution is 2.49. The molecule has 258 valence electrons. The van der Waals surface area contributed by atoms with E-state index >= 15 is 0 Å². The fourth-order valence-corrected chi connectivity index (χ4v) is 8.37. The SMILES string of the molecule is CC(C)C(CP(=O)(O)C(Cc1ccccc1)NC(=O)[C@H](CCCCN)NS(C)(=O)=O)C(=O)N[C@@H](Cc1c[nH]c2ccccc12)C(=O)O. The summed E-state index contributed by atoms with van der Waals surface area (Å²) in [4.78, 5) is 53.9. The lowest BCUT2D eigenvalue weighted by Gasteiger charge is -2.30. The van der Waals surface area contributed by atoms with E-state index in [0.717, 1.165) is 17.2 Å². The van der Waals surface area contributed by atoms with Gasteiger partial charge in [0.2, 0.25) is 29.2 Å². The number of benzene rings is 2. The molecule has 1 heterocycles. The number of hydrogen-bond acceptors (Lipinski definition) is 7. The Morgan fingerprint density at radius 3 is 2.21 bits per heavy atom. The molecule has 0 bridgehead atoms. The normalized spacial score (nSPS) is 15.8. The van der Waals surface area contributed by atoms with E-state index in [0.29, 0.717) is 30.5 Å². The molecule has 3 rings (SSSR count). The maximum atomic E-state index is 14.1. The van der Waals surface area contributed by atoms with Crippen LogP contribution in [0.1, 0.15) is 44.2 Å². The molecule has 2 aromatic carbocycles. The number of carbonyl (C=O) groups is 3. The van der Waals surface area contributed by atoms with Crippen LogP contribution in [0.15, 0.2) is 60.8 Å². The van der Waals surface area contributed by atoms with Gasteiger partial charge in [-0.3, -0.25) is 14.2 Å². The fraction of sp³-hybridized carbons (Fsp3) is 0.469. The number of carbonyl (C=O) groups excluding carboxylic acids is 2. The van der Waals surface area contributed by atoms with Gasteiger partial charge in [-0.05, 0) is 42.5 Å². The summed E-state index contributed by atoms with van der Waals surface area (Å²) in [6, 6.07) is 13.5. The minimum Gasteiger partial charge on any atom is -0.480 e. The molecule has 47 heavy (non-hydrogen) atoms. The number of aromatic amines is 1. The summed E-state index contributed by atoms with van der Waals surface area (Å²) in [5.74, 6) is -5.66. The number of carboxylic acids is 1. The zero-order valence-corrected chi connectivity index (χ0v) is 28.6. The number of carboxylic acid groups (broad SMARTS) is 1. The number of nitrogens with two attached hydrogens (primary N) is 1. The minimum atomic E-state index is -4.41. The predicted molar refractivity (Wildman–Crippen MR) is 181 cm³/mol. The zero-order valence-electron chi connectivity index (χ0n) is 26.9. The lowest BCUT2D eigenvalue weighted by Crippen LogP contribution is -2.50. The number of aromatic nitrogens is 1. The summed E-state index contributed by atoms with van der Waals surface area (Å²) in [7, 11) is -8.21. The van der Waals surface area contributed by atoms with Crippen molar-refractivity contribution >= 4 is 46.1 Å². The van der Waals surface area contributed by atoms with Gasteiger partial charge in [-0.2, -0.15) is 0 Å². The number of fused-ring (bicyclic) bond motifs is 1. The van der Waals surface area contributed by atoms with Gasteiger partial charge in [-0.25, -0.2) is 17.9 Å². The number of aliphatic carboxylic acids is 1. The second-order valence-electron chi connectivity index (χ2n) is 12.2. The van der Waals surface area contributed by atoms with E-state index in [2.05, 4.69) is 20.3 Å². The largest absolute Gasteiger partial charge is 0.480 e. The van der Waals surface area contributed by atoms with Crippen molar-refractivity contribution in [3.63, 3.8) is 0 Å². The third-order valence-corrected chi connectivity index (χ3v) is 10.9. The van der Waals surface area contributed by atoms with Crippen molar-refractivity contribution in [3.8, 4) is 0 Å². The number of rotatable bonds is 19. The topological polar surface area (TPSA) is 221 Å². The second-order valence-corrected chi connectivity index (χ2v) is 16.5. The Morgan fingerprint density at radius 2 is 1.60 bits per heavy atom. The lowest BCUT2D eigenvalue weighted by atomic mass is 9.96. The van der Waals surface area contributed by atoms with Crippen molar-refractivity contribution in [2.75, 3.05) is 19.0 Å². The molecule has 2 amide bonds. The molecule has 0 saturated carbocycles. The summed E-state index contributed by atoms with van der Waals surface area (Å²) < 4.78 is 40.5. The van der Waals surface area contributed by atoms with Crippen LogP contribution < -0.4 is 21.1 Å². The van der Waals surface area contributed by atoms with Gasteiger partial charge in [0.05, 0.1) is 6.26 Å². The third kappa shape index (κ3) is 11.6. The van der Waals surface area contributed by atoms with Crippen LogP contribution in [0.5, 0.6) is 0 Å². The average Bonchev–Trinajstić information content (AvgIpc) is 3.41. The molecule has 0 radical (unpaired) electrons. The second kappa shape index (κ2) is 17.0. The summed E-state index contributed by atoms with van der Waals surface area (Å²) in [6.07, 6.45) is 3.08. The summed E-state index contributed by atoms with van der Waals surface area (Å²) >= 11 is 0. The Balaban J connectivity index is 1.85. The molecule has 0 fully saturated rings. The monoisotopic (exact) mass is 691 g/mol. The number of H-pyrrole nitrogens is 1. The Kier molecular flexibility index (Phi) is 13.7. The number of hydrogen-bond donors (Lipinski definition) is 7. The molecule has 1 aromatic heterocycles. The van der Waals surface area contributed by atoms with Crippen LogP contribution in [0, 0.1) is 11.8 Å². The molecular weight excluding hydrogens is 645 g/mol. The van der Waals surface area contributed by atoms with Crippen LogP contribution in [0.25, 0.3) is 10.9 Å². The van der Waals surface area contributed by atoms with Crippen LogP contribution in [0.2, 0.25) is 0 Å². The Hall–Kier alpha value is -3.55. The van der Waals surface area contributed by atoms with E-state index < -0.39 is 71.0 Å².